The van der Waals surface area contributed by atoms with E-state index in [1.54, 1.807) is 0 Å². The summed E-state index contributed by atoms with van der Waals surface area (Å²) in [4.78, 5) is 21.2. The van der Waals surface area contributed by atoms with Crippen molar-refractivity contribution in [3.05, 3.63) is 11.1 Å². The highest BCUT2D eigenvalue weighted by Gasteiger charge is 2.13. The van der Waals surface area contributed by atoms with Gasteiger partial charge in [0.05, 0.1) is 13.2 Å². The lowest BCUT2D eigenvalue weighted by molar-refractivity contribution is -0.146. The fourth-order valence-corrected chi connectivity index (χ4v) is 1.41. The number of hydrogen-bond donors (Lipinski definition) is 0. The minimum atomic E-state index is -0.344. The molecule has 0 bridgehead atoms. The molecule has 0 amide bonds. The number of halogens is 1. The van der Waals surface area contributed by atoms with E-state index in [1.165, 1.54) is 13.8 Å². The van der Waals surface area contributed by atoms with Gasteiger partial charge in [0.1, 0.15) is 0 Å². The van der Waals surface area contributed by atoms with Gasteiger partial charge in [0.2, 0.25) is 0 Å². The molecule has 0 rings (SSSR count). The molecule has 0 radical (unpaired) electrons. The van der Waals surface area contributed by atoms with Crippen molar-refractivity contribution in [2.45, 2.75) is 20.3 Å². The number of ether oxygens (including phenoxy) is 2. The third kappa shape index (κ3) is 9.46. The Morgan fingerprint density at radius 3 is 1.87 bits per heavy atom. The lowest BCUT2D eigenvalue weighted by Gasteiger charge is -2.15. The van der Waals surface area contributed by atoms with Crippen LogP contribution in [0, 0.1) is 5.92 Å². The second-order valence-electron chi connectivity index (χ2n) is 3.19. The predicted octanol–water partition coefficient (Wildman–Crippen LogP) is 2.03. The minimum Gasteiger partial charge on any atom is -0.465 e. The van der Waals surface area contributed by atoms with Crippen molar-refractivity contribution in [3.63, 3.8) is 0 Å². The molecular formula is C10H15BrO4. The number of hydrogen-bond acceptors (Lipinski definition) is 4. The summed E-state index contributed by atoms with van der Waals surface area (Å²) in [7, 11) is 0. The highest BCUT2D eigenvalue weighted by atomic mass is 79.9. The summed E-state index contributed by atoms with van der Waals surface area (Å²) in [5.74, 6) is -0.740. The van der Waals surface area contributed by atoms with Gasteiger partial charge in [-0.25, -0.2) is 0 Å². The van der Waals surface area contributed by atoms with Crippen LogP contribution in [0.5, 0.6) is 0 Å². The minimum absolute atomic E-state index is 0.0512. The Bertz CT molecular complexity index is 232. The quantitative estimate of drug-likeness (QED) is 0.698. The summed E-state index contributed by atoms with van der Waals surface area (Å²) in [6.07, 6.45) is 0.598. The zero-order chi connectivity index (χ0) is 11.8. The second-order valence-corrected chi connectivity index (χ2v) is 4.31. The normalized spacial score (nSPS) is 9.87. The molecular weight excluding hydrogens is 264 g/mol. The van der Waals surface area contributed by atoms with Gasteiger partial charge in [-0.1, -0.05) is 22.5 Å². The number of carbonyl (C=O) groups excluding carboxylic acids is 2. The molecule has 0 aromatic rings. The maximum Gasteiger partial charge on any atom is 0.302 e. The molecule has 86 valence electrons. The summed E-state index contributed by atoms with van der Waals surface area (Å²) in [6.45, 7) is 6.82. The Balaban J connectivity index is 3.99. The first kappa shape index (κ1) is 14.2. The van der Waals surface area contributed by atoms with E-state index in [-0.39, 0.29) is 31.1 Å². The molecule has 15 heavy (non-hydrogen) atoms. The third-order valence-corrected chi connectivity index (χ3v) is 1.88. The lowest BCUT2D eigenvalue weighted by Crippen LogP contribution is -2.19. The first-order valence-electron chi connectivity index (χ1n) is 4.51. The maximum absolute atomic E-state index is 10.6. The molecule has 0 N–H and O–H groups in total. The van der Waals surface area contributed by atoms with E-state index in [9.17, 15) is 9.59 Å². The topological polar surface area (TPSA) is 52.6 Å². The summed E-state index contributed by atoms with van der Waals surface area (Å²) in [5.41, 5.74) is 0. The molecule has 4 nitrogen and oxygen atoms in total. The predicted molar refractivity (Wildman–Crippen MR) is 59.4 cm³/mol. The van der Waals surface area contributed by atoms with Crippen LogP contribution >= 0.6 is 15.9 Å². The van der Waals surface area contributed by atoms with Gasteiger partial charge in [-0.2, -0.15) is 0 Å². The van der Waals surface area contributed by atoms with Crippen LogP contribution in [-0.2, 0) is 19.1 Å². The van der Waals surface area contributed by atoms with Gasteiger partial charge in [0.15, 0.2) is 0 Å². The Morgan fingerprint density at radius 2 is 1.60 bits per heavy atom. The van der Waals surface area contributed by atoms with Crippen molar-refractivity contribution in [2.24, 2.45) is 5.92 Å². The Morgan fingerprint density at radius 1 is 1.20 bits per heavy atom. The van der Waals surface area contributed by atoms with Crippen LogP contribution in [0.2, 0.25) is 0 Å². The molecule has 0 atom stereocenters. The van der Waals surface area contributed by atoms with Crippen LogP contribution in [-0.4, -0.2) is 25.2 Å². The molecule has 0 unspecified atom stereocenters. The molecule has 0 spiro atoms. The van der Waals surface area contributed by atoms with Gasteiger partial charge >= 0.3 is 11.9 Å². The van der Waals surface area contributed by atoms with E-state index in [0.717, 1.165) is 4.48 Å². The highest BCUT2D eigenvalue weighted by Crippen LogP contribution is 2.16. The molecule has 0 aromatic heterocycles. The molecule has 0 fully saturated rings. The van der Waals surface area contributed by atoms with Gasteiger partial charge < -0.3 is 9.47 Å². The van der Waals surface area contributed by atoms with Crippen LogP contribution in [0.1, 0.15) is 20.3 Å². The van der Waals surface area contributed by atoms with Crippen LogP contribution in [0.15, 0.2) is 11.1 Å². The van der Waals surface area contributed by atoms with E-state index >= 15 is 0 Å². The third-order valence-electron chi connectivity index (χ3n) is 1.55. The van der Waals surface area contributed by atoms with Crippen LogP contribution in [0.4, 0.5) is 0 Å². The van der Waals surface area contributed by atoms with Crippen molar-refractivity contribution < 1.29 is 19.1 Å². The largest absolute Gasteiger partial charge is 0.465 e. The molecule has 5 heteroatoms. The van der Waals surface area contributed by atoms with Gasteiger partial charge in [-0.15, -0.1) is 0 Å². The van der Waals surface area contributed by atoms with Gasteiger partial charge in [0, 0.05) is 19.8 Å². The average molecular weight is 279 g/mol. The molecule has 0 saturated carbocycles. The zero-order valence-electron chi connectivity index (χ0n) is 8.92. The molecule has 0 aliphatic rings. The Kier molecular flexibility index (Phi) is 7.03. The van der Waals surface area contributed by atoms with Crippen molar-refractivity contribution >= 4 is 27.9 Å². The smallest absolute Gasteiger partial charge is 0.302 e. The van der Waals surface area contributed by atoms with E-state index < -0.39 is 0 Å². The van der Waals surface area contributed by atoms with Gasteiger partial charge in [-0.05, 0) is 10.9 Å². The fourth-order valence-electron chi connectivity index (χ4n) is 0.950. The molecule has 0 aromatic carbocycles. The van der Waals surface area contributed by atoms with Crippen molar-refractivity contribution in [1.82, 2.24) is 0 Å². The van der Waals surface area contributed by atoms with Gasteiger partial charge in [-0.3, -0.25) is 9.59 Å². The maximum atomic E-state index is 10.6. The monoisotopic (exact) mass is 278 g/mol. The van der Waals surface area contributed by atoms with Crippen LogP contribution < -0.4 is 0 Å². The standard InChI is InChI=1S/C10H15BrO4/c1-7(11)4-10(5-14-8(2)12)6-15-9(3)13/h10H,1,4-6H2,2-3H3. The van der Waals surface area contributed by atoms with Crippen molar-refractivity contribution in [3.8, 4) is 0 Å². The number of carbonyl (C=O) groups is 2. The van der Waals surface area contributed by atoms with Crippen LogP contribution in [0.25, 0.3) is 0 Å². The average Bonchev–Trinajstić information content (AvgIpc) is 2.08. The first-order valence-corrected chi connectivity index (χ1v) is 5.31. The second kappa shape index (κ2) is 7.45. The number of allylic oxidation sites excluding steroid dienone is 1. The van der Waals surface area contributed by atoms with E-state index in [1.807, 2.05) is 0 Å². The van der Waals surface area contributed by atoms with E-state index in [0.29, 0.717) is 6.42 Å². The molecule has 0 aliphatic heterocycles. The van der Waals surface area contributed by atoms with E-state index in [4.69, 9.17) is 9.47 Å². The summed E-state index contributed by atoms with van der Waals surface area (Å²) in [5, 5.41) is 0. The lowest BCUT2D eigenvalue weighted by atomic mass is 10.1. The number of rotatable bonds is 6. The first-order chi connectivity index (χ1) is 6.91. The summed E-state index contributed by atoms with van der Waals surface area (Å²) < 4.78 is 10.5. The summed E-state index contributed by atoms with van der Waals surface area (Å²) >= 11 is 3.21. The molecule has 0 saturated heterocycles. The van der Waals surface area contributed by atoms with Gasteiger partial charge in [0.25, 0.3) is 0 Å². The highest BCUT2D eigenvalue weighted by molar-refractivity contribution is 9.11. The molecule has 0 aliphatic carbocycles. The van der Waals surface area contributed by atoms with E-state index in [2.05, 4.69) is 22.5 Å². The van der Waals surface area contributed by atoms with Crippen LogP contribution in [0.3, 0.4) is 0 Å². The SMILES string of the molecule is C=C(Br)CC(COC(C)=O)COC(C)=O. The fraction of sp³-hybridized carbons (Fsp3) is 0.600. The summed E-state index contributed by atoms with van der Waals surface area (Å²) in [6, 6.07) is 0. The van der Waals surface area contributed by atoms with Crippen molar-refractivity contribution in [1.29, 1.82) is 0 Å². The Labute approximate surface area is 97.8 Å². The number of esters is 2. The molecule has 0 heterocycles. The zero-order valence-corrected chi connectivity index (χ0v) is 10.5. The Hall–Kier alpha value is -0.840. The van der Waals surface area contributed by atoms with Crippen molar-refractivity contribution in [2.75, 3.05) is 13.2 Å².